The molecule has 0 radical (unpaired) electrons. The highest BCUT2D eigenvalue weighted by Gasteiger charge is 2.15. The number of rotatable bonds is 7. The second-order valence-corrected chi connectivity index (χ2v) is 7.50. The maximum atomic E-state index is 12.4. The SMILES string of the molecule is COc1cc(C=NNC(=O)C(=O)NCc2ccccc2)ccc1OC(=O)c1ccccc1Br. The quantitative estimate of drug-likeness (QED) is 0.167. The second-order valence-electron chi connectivity index (χ2n) is 6.65. The van der Waals surface area contributed by atoms with Gasteiger partial charge in [0.05, 0.1) is 18.9 Å². The van der Waals surface area contributed by atoms with Gasteiger partial charge in [0, 0.05) is 11.0 Å². The Bertz CT molecular complexity index is 1180. The van der Waals surface area contributed by atoms with E-state index in [-0.39, 0.29) is 12.3 Å². The van der Waals surface area contributed by atoms with Crippen LogP contribution in [0.2, 0.25) is 0 Å². The lowest BCUT2D eigenvalue weighted by Gasteiger charge is -2.10. The molecule has 3 rings (SSSR count). The van der Waals surface area contributed by atoms with E-state index >= 15 is 0 Å². The highest BCUT2D eigenvalue weighted by atomic mass is 79.9. The molecule has 0 saturated carbocycles. The zero-order chi connectivity index (χ0) is 23.6. The van der Waals surface area contributed by atoms with Gasteiger partial charge in [-0.15, -0.1) is 0 Å². The summed E-state index contributed by atoms with van der Waals surface area (Å²) in [5.74, 6) is -1.72. The minimum Gasteiger partial charge on any atom is -0.493 e. The Balaban J connectivity index is 1.57. The second kappa shape index (κ2) is 11.6. The van der Waals surface area contributed by atoms with Crippen LogP contribution in [-0.4, -0.2) is 31.1 Å². The number of carbonyl (C=O) groups excluding carboxylic acids is 3. The number of hydrazone groups is 1. The number of esters is 1. The van der Waals surface area contributed by atoms with E-state index in [2.05, 4.69) is 31.8 Å². The fourth-order valence-corrected chi connectivity index (χ4v) is 3.15. The van der Waals surface area contributed by atoms with Crippen molar-refractivity contribution in [3.05, 3.63) is 94.0 Å². The van der Waals surface area contributed by atoms with E-state index in [1.807, 2.05) is 30.3 Å². The van der Waals surface area contributed by atoms with Crippen molar-refractivity contribution < 1.29 is 23.9 Å². The monoisotopic (exact) mass is 509 g/mol. The zero-order valence-corrected chi connectivity index (χ0v) is 19.2. The molecule has 0 atom stereocenters. The van der Waals surface area contributed by atoms with Gasteiger partial charge in [-0.05, 0) is 57.4 Å². The van der Waals surface area contributed by atoms with Crippen molar-refractivity contribution in [3.8, 4) is 11.5 Å². The van der Waals surface area contributed by atoms with Crippen LogP contribution in [0, 0.1) is 0 Å². The molecule has 3 aromatic carbocycles. The molecule has 0 aromatic heterocycles. The molecular formula is C24H20BrN3O5. The van der Waals surface area contributed by atoms with Crippen LogP contribution >= 0.6 is 15.9 Å². The van der Waals surface area contributed by atoms with Crippen molar-refractivity contribution in [2.24, 2.45) is 5.10 Å². The average Bonchev–Trinajstić information content (AvgIpc) is 2.84. The van der Waals surface area contributed by atoms with Crippen molar-refractivity contribution in [2.45, 2.75) is 6.54 Å². The van der Waals surface area contributed by atoms with Gasteiger partial charge < -0.3 is 14.8 Å². The number of amides is 2. The molecule has 168 valence electrons. The van der Waals surface area contributed by atoms with Crippen LogP contribution in [-0.2, 0) is 16.1 Å². The van der Waals surface area contributed by atoms with Gasteiger partial charge in [-0.3, -0.25) is 9.59 Å². The molecule has 0 unspecified atom stereocenters. The highest BCUT2D eigenvalue weighted by Crippen LogP contribution is 2.29. The number of nitrogens with zero attached hydrogens (tertiary/aromatic N) is 1. The lowest BCUT2D eigenvalue weighted by molar-refractivity contribution is -0.139. The summed E-state index contributed by atoms with van der Waals surface area (Å²) in [4.78, 5) is 36.2. The zero-order valence-electron chi connectivity index (χ0n) is 17.6. The van der Waals surface area contributed by atoms with E-state index in [1.54, 1.807) is 42.5 Å². The van der Waals surface area contributed by atoms with Crippen LogP contribution < -0.4 is 20.2 Å². The summed E-state index contributed by atoms with van der Waals surface area (Å²) in [6, 6.07) is 20.9. The number of nitrogens with one attached hydrogen (secondary N) is 2. The van der Waals surface area contributed by atoms with Gasteiger partial charge in [0.25, 0.3) is 0 Å². The summed E-state index contributed by atoms with van der Waals surface area (Å²) in [6.45, 7) is 0.230. The van der Waals surface area contributed by atoms with Crippen molar-refractivity contribution in [1.82, 2.24) is 10.7 Å². The number of methoxy groups -OCH3 is 1. The molecular weight excluding hydrogens is 490 g/mol. The maximum absolute atomic E-state index is 12.4. The molecule has 0 spiro atoms. The minimum absolute atomic E-state index is 0.222. The lowest BCUT2D eigenvalue weighted by atomic mass is 10.2. The third kappa shape index (κ3) is 6.75. The molecule has 0 saturated heterocycles. The average molecular weight is 510 g/mol. The lowest BCUT2D eigenvalue weighted by Crippen LogP contribution is -2.37. The number of hydrogen-bond donors (Lipinski definition) is 2. The highest BCUT2D eigenvalue weighted by molar-refractivity contribution is 9.10. The molecule has 2 amide bonds. The molecule has 8 nitrogen and oxygen atoms in total. The number of benzene rings is 3. The first-order chi connectivity index (χ1) is 16.0. The molecule has 0 aliphatic carbocycles. The fourth-order valence-electron chi connectivity index (χ4n) is 2.71. The van der Waals surface area contributed by atoms with Crippen LogP contribution in [0.4, 0.5) is 0 Å². The Morgan fingerprint density at radius 1 is 0.939 bits per heavy atom. The van der Waals surface area contributed by atoms with Gasteiger partial charge in [0.15, 0.2) is 11.5 Å². The summed E-state index contributed by atoms with van der Waals surface area (Å²) in [6.07, 6.45) is 1.34. The van der Waals surface area contributed by atoms with Crippen LogP contribution in [0.25, 0.3) is 0 Å². The summed E-state index contributed by atoms with van der Waals surface area (Å²) in [5.41, 5.74) is 3.96. The van der Waals surface area contributed by atoms with Gasteiger partial charge in [-0.25, -0.2) is 10.2 Å². The normalized spacial score (nSPS) is 10.5. The van der Waals surface area contributed by atoms with Gasteiger partial charge in [0.2, 0.25) is 0 Å². The van der Waals surface area contributed by atoms with E-state index in [0.717, 1.165) is 5.56 Å². The summed E-state index contributed by atoms with van der Waals surface area (Å²) in [7, 11) is 1.44. The molecule has 0 fully saturated rings. The van der Waals surface area contributed by atoms with Gasteiger partial charge in [-0.2, -0.15) is 5.10 Å². The van der Waals surface area contributed by atoms with E-state index in [9.17, 15) is 14.4 Å². The molecule has 2 N–H and O–H groups in total. The van der Waals surface area contributed by atoms with Crippen molar-refractivity contribution in [2.75, 3.05) is 7.11 Å². The van der Waals surface area contributed by atoms with E-state index in [4.69, 9.17) is 9.47 Å². The van der Waals surface area contributed by atoms with Crippen LogP contribution in [0.3, 0.4) is 0 Å². The standard InChI is InChI=1S/C24H20BrN3O5/c1-32-21-13-17(11-12-20(21)33-24(31)18-9-5-6-10-19(18)25)15-27-28-23(30)22(29)26-14-16-7-3-2-4-8-16/h2-13,15H,14H2,1H3,(H,26,29)(H,28,30). The smallest absolute Gasteiger partial charge is 0.344 e. The predicted octanol–water partition coefficient (Wildman–Crippen LogP) is 3.44. The van der Waals surface area contributed by atoms with Gasteiger partial charge in [0.1, 0.15) is 0 Å². The van der Waals surface area contributed by atoms with Gasteiger partial charge in [-0.1, -0.05) is 42.5 Å². The first-order valence-corrected chi connectivity index (χ1v) is 10.6. The first-order valence-electron chi connectivity index (χ1n) is 9.78. The predicted molar refractivity (Wildman–Crippen MR) is 126 cm³/mol. The maximum Gasteiger partial charge on any atom is 0.344 e. The van der Waals surface area contributed by atoms with E-state index in [1.165, 1.54) is 13.3 Å². The van der Waals surface area contributed by atoms with E-state index in [0.29, 0.717) is 21.3 Å². The molecule has 0 aliphatic heterocycles. The largest absolute Gasteiger partial charge is 0.493 e. The number of carbonyl (C=O) groups is 3. The molecule has 33 heavy (non-hydrogen) atoms. The minimum atomic E-state index is -0.895. The van der Waals surface area contributed by atoms with Crippen molar-refractivity contribution in [1.29, 1.82) is 0 Å². The van der Waals surface area contributed by atoms with Crippen LogP contribution in [0.1, 0.15) is 21.5 Å². The first kappa shape index (κ1) is 23.7. The number of ether oxygens (including phenoxy) is 2. The number of hydrogen-bond acceptors (Lipinski definition) is 6. The van der Waals surface area contributed by atoms with Crippen molar-refractivity contribution in [3.63, 3.8) is 0 Å². The third-order valence-electron chi connectivity index (χ3n) is 4.37. The Morgan fingerprint density at radius 2 is 1.67 bits per heavy atom. The number of halogens is 1. The Morgan fingerprint density at radius 3 is 2.39 bits per heavy atom. The Labute approximate surface area is 198 Å². The Kier molecular flexibility index (Phi) is 8.31. The summed E-state index contributed by atoms with van der Waals surface area (Å²) in [5, 5.41) is 6.30. The summed E-state index contributed by atoms with van der Waals surface area (Å²) >= 11 is 3.32. The molecule has 9 heteroatoms. The van der Waals surface area contributed by atoms with Crippen LogP contribution in [0.5, 0.6) is 11.5 Å². The Hall–Kier alpha value is -3.98. The molecule has 0 bridgehead atoms. The summed E-state index contributed by atoms with van der Waals surface area (Å²) < 4.78 is 11.3. The topological polar surface area (TPSA) is 106 Å². The molecule has 0 heterocycles. The molecule has 3 aromatic rings. The fraction of sp³-hybridized carbons (Fsp3) is 0.0833. The van der Waals surface area contributed by atoms with Crippen LogP contribution in [0.15, 0.2) is 82.4 Å². The third-order valence-corrected chi connectivity index (χ3v) is 5.06. The van der Waals surface area contributed by atoms with Gasteiger partial charge >= 0.3 is 17.8 Å². The van der Waals surface area contributed by atoms with Crippen molar-refractivity contribution >= 4 is 39.9 Å². The molecule has 0 aliphatic rings. The van der Waals surface area contributed by atoms with E-state index < -0.39 is 17.8 Å².